The Balaban J connectivity index is 2.14. The number of hydrogen-bond acceptors (Lipinski definition) is 8. The lowest BCUT2D eigenvalue weighted by molar-refractivity contribution is -0.153. The fourth-order valence-electron chi connectivity index (χ4n) is 4.32. The van der Waals surface area contributed by atoms with Crippen LogP contribution in [-0.2, 0) is 28.6 Å². The number of alkyl carbamates (subject to hydrolysis) is 1. The van der Waals surface area contributed by atoms with Gasteiger partial charge in [0.2, 0.25) is 9.70 Å². The number of carbonyl (C=O) groups is 4. The third-order valence-electron chi connectivity index (χ3n) is 6.26. The number of amides is 3. The van der Waals surface area contributed by atoms with E-state index >= 15 is 0 Å². The van der Waals surface area contributed by atoms with Crippen molar-refractivity contribution >= 4 is 58.7 Å². The topological polar surface area (TPSA) is 135 Å². The highest BCUT2D eigenvalue weighted by atomic mass is 35.6. The van der Waals surface area contributed by atoms with Crippen LogP contribution in [-0.4, -0.2) is 82.8 Å². The summed E-state index contributed by atoms with van der Waals surface area (Å²) >= 11 is 17.0. The van der Waals surface area contributed by atoms with E-state index in [1.807, 2.05) is 0 Å². The Kier molecular flexibility index (Phi) is 12.9. The summed E-state index contributed by atoms with van der Waals surface area (Å²) in [5.74, 6) is -1.67. The van der Waals surface area contributed by atoms with Gasteiger partial charge >= 0.3 is 12.1 Å². The number of nitrogens with zero attached hydrogens (tertiary/aromatic N) is 1. The van der Waals surface area contributed by atoms with Crippen LogP contribution in [0.1, 0.15) is 66.7 Å². The van der Waals surface area contributed by atoms with Gasteiger partial charge in [-0.05, 0) is 64.7 Å². The van der Waals surface area contributed by atoms with Crippen LogP contribution in [0.2, 0.25) is 0 Å². The summed E-state index contributed by atoms with van der Waals surface area (Å²) in [5, 5.41) is 6.81. The van der Waals surface area contributed by atoms with E-state index in [9.17, 15) is 19.2 Å². The van der Waals surface area contributed by atoms with Crippen molar-refractivity contribution in [3.05, 3.63) is 0 Å². The second-order valence-corrected chi connectivity index (χ2v) is 13.8. The first kappa shape index (κ1) is 33.7. The van der Waals surface area contributed by atoms with Gasteiger partial charge in [0, 0.05) is 19.8 Å². The molecule has 39 heavy (non-hydrogen) atoms. The number of halogens is 3. The molecule has 0 aromatic rings. The van der Waals surface area contributed by atoms with Crippen molar-refractivity contribution in [2.75, 3.05) is 26.4 Å². The smallest absolute Gasteiger partial charge is 0.408 e. The van der Waals surface area contributed by atoms with E-state index in [0.29, 0.717) is 39.0 Å². The molecule has 11 nitrogen and oxygen atoms in total. The largest absolute Gasteiger partial charge is 0.460 e. The molecular formula is C25H41Cl3N4O7. The van der Waals surface area contributed by atoms with Crippen LogP contribution in [0.4, 0.5) is 4.79 Å². The van der Waals surface area contributed by atoms with Gasteiger partial charge in [-0.2, -0.15) is 0 Å². The predicted octanol–water partition coefficient (Wildman–Crippen LogP) is 3.25. The maximum atomic E-state index is 13.7. The molecule has 0 bridgehead atoms. The highest BCUT2D eigenvalue weighted by Gasteiger charge is 2.37. The van der Waals surface area contributed by atoms with Crippen LogP contribution in [0.5, 0.6) is 0 Å². The Morgan fingerprint density at radius 2 is 1.69 bits per heavy atom. The minimum absolute atomic E-state index is 0.152. The molecule has 2 rings (SSSR count). The second-order valence-electron chi connectivity index (χ2n) is 11.3. The van der Waals surface area contributed by atoms with E-state index in [-0.39, 0.29) is 11.8 Å². The normalized spacial score (nSPS) is 20.6. The molecule has 0 aromatic heterocycles. The molecule has 0 radical (unpaired) electrons. The third kappa shape index (κ3) is 12.3. The van der Waals surface area contributed by atoms with Crippen molar-refractivity contribution in [3.63, 3.8) is 0 Å². The summed E-state index contributed by atoms with van der Waals surface area (Å²) in [7, 11) is 0. The van der Waals surface area contributed by atoms with Crippen LogP contribution >= 0.6 is 34.8 Å². The lowest BCUT2D eigenvalue weighted by Gasteiger charge is -2.36. The first-order valence-electron chi connectivity index (χ1n) is 13.2. The Morgan fingerprint density at radius 1 is 1.05 bits per heavy atom. The van der Waals surface area contributed by atoms with Crippen LogP contribution < -0.4 is 16.1 Å². The monoisotopic (exact) mass is 614 g/mol. The molecular weight excluding hydrogens is 575 g/mol. The molecule has 2 aliphatic rings. The number of rotatable bonds is 9. The van der Waals surface area contributed by atoms with Crippen molar-refractivity contribution in [3.8, 4) is 0 Å². The molecule has 2 heterocycles. The summed E-state index contributed by atoms with van der Waals surface area (Å²) in [5.41, 5.74) is 2.17. The number of alkyl halides is 3. The van der Waals surface area contributed by atoms with Crippen molar-refractivity contribution in [1.29, 1.82) is 0 Å². The van der Waals surface area contributed by atoms with Crippen LogP contribution in [0, 0.1) is 11.8 Å². The maximum absolute atomic E-state index is 13.7. The Labute approximate surface area is 245 Å². The fraction of sp³-hybridized carbons (Fsp3) is 0.840. The van der Waals surface area contributed by atoms with Gasteiger partial charge in [-0.3, -0.25) is 19.4 Å². The summed E-state index contributed by atoms with van der Waals surface area (Å²) in [6, 6.07) is -2.64. The quantitative estimate of drug-likeness (QED) is 0.266. The van der Waals surface area contributed by atoms with E-state index in [0.717, 1.165) is 12.8 Å². The first-order chi connectivity index (χ1) is 18.1. The standard InChI is InChI=1S/C25H41Cl3N4O7/c1-15(2)19(30-23(36)39-24(3,4)5)20(33)29-18(13-16-8-11-37-12-9-16)21(34)32-10-6-7-17(31-32)22(35)38-14-25(26,27)28/h15-19,31H,6-14H2,1-5H3,(H,29,33)(H,30,36)/t17-,18?,19?/m0/s1. The SMILES string of the molecule is CC(C)C(NC(=O)OC(C)(C)C)C(=O)NC(CC1CCOCC1)C(=O)N1CCC[C@@H](C(=O)OCC(Cl)(Cl)Cl)N1. The molecule has 2 aliphatic heterocycles. The molecule has 2 saturated heterocycles. The van der Waals surface area contributed by atoms with Crippen molar-refractivity contribution in [2.24, 2.45) is 11.8 Å². The summed E-state index contributed by atoms with van der Waals surface area (Å²) in [6.07, 6.45) is 2.11. The summed E-state index contributed by atoms with van der Waals surface area (Å²) in [4.78, 5) is 52.0. The summed E-state index contributed by atoms with van der Waals surface area (Å²) in [6.45, 7) is 9.82. The van der Waals surface area contributed by atoms with E-state index in [4.69, 9.17) is 49.0 Å². The van der Waals surface area contributed by atoms with Crippen molar-refractivity contribution < 1.29 is 33.4 Å². The number of hydrogen-bond donors (Lipinski definition) is 3. The molecule has 0 aliphatic carbocycles. The lowest BCUT2D eigenvalue weighted by Crippen LogP contribution is -2.62. The van der Waals surface area contributed by atoms with Gasteiger partial charge < -0.3 is 24.8 Å². The van der Waals surface area contributed by atoms with E-state index < -0.39 is 58.0 Å². The number of hydrazine groups is 1. The molecule has 2 unspecified atom stereocenters. The zero-order chi connectivity index (χ0) is 29.4. The van der Waals surface area contributed by atoms with Crippen molar-refractivity contribution in [2.45, 2.75) is 94.2 Å². The molecule has 14 heteroatoms. The molecule has 0 spiro atoms. The first-order valence-corrected chi connectivity index (χ1v) is 14.4. The second kappa shape index (κ2) is 14.9. The Hall–Kier alpha value is -1.53. The Morgan fingerprint density at radius 3 is 2.26 bits per heavy atom. The number of carbonyl (C=O) groups excluding carboxylic acids is 4. The van der Waals surface area contributed by atoms with Gasteiger partial charge in [0.15, 0.2) is 0 Å². The molecule has 2 fully saturated rings. The number of esters is 1. The molecule has 224 valence electrons. The average molecular weight is 616 g/mol. The molecule has 3 atom stereocenters. The number of nitrogens with one attached hydrogen (secondary N) is 3. The zero-order valence-electron chi connectivity index (χ0n) is 23.2. The Bertz CT molecular complexity index is 858. The number of ether oxygens (including phenoxy) is 3. The molecule has 3 amide bonds. The van der Waals surface area contributed by atoms with Crippen LogP contribution in [0.3, 0.4) is 0 Å². The average Bonchev–Trinajstić information content (AvgIpc) is 2.84. The lowest BCUT2D eigenvalue weighted by atomic mass is 9.91. The predicted molar refractivity (Wildman–Crippen MR) is 147 cm³/mol. The fourth-order valence-corrected chi connectivity index (χ4v) is 4.49. The highest BCUT2D eigenvalue weighted by molar-refractivity contribution is 6.67. The van der Waals surface area contributed by atoms with Gasteiger partial charge in [0.25, 0.3) is 5.91 Å². The van der Waals surface area contributed by atoms with Gasteiger partial charge in [0.1, 0.15) is 30.3 Å². The van der Waals surface area contributed by atoms with Crippen LogP contribution in [0.25, 0.3) is 0 Å². The molecule has 3 N–H and O–H groups in total. The third-order valence-corrected chi connectivity index (χ3v) is 6.59. The van der Waals surface area contributed by atoms with E-state index in [2.05, 4.69) is 16.1 Å². The molecule has 0 saturated carbocycles. The maximum Gasteiger partial charge on any atom is 0.408 e. The van der Waals surface area contributed by atoms with Crippen molar-refractivity contribution in [1.82, 2.24) is 21.1 Å². The van der Waals surface area contributed by atoms with E-state index in [1.165, 1.54) is 5.01 Å². The van der Waals surface area contributed by atoms with E-state index in [1.54, 1.807) is 34.6 Å². The van der Waals surface area contributed by atoms with Gasteiger partial charge in [0.05, 0.1) is 0 Å². The molecule has 0 aromatic carbocycles. The minimum Gasteiger partial charge on any atom is -0.460 e. The van der Waals surface area contributed by atoms with Gasteiger partial charge in [-0.25, -0.2) is 10.2 Å². The van der Waals surface area contributed by atoms with Gasteiger partial charge in [-0.1, -0.05) is 48.7 Å². The minimum atomic E-state index is -1.75. The van der Waals surface area contributed by atoms with Crippen LogP contribution in [0.15, 0.2) is 0 Å². The van der Waals surface area contributed by atoms with Gasteiger partial charge in [-0.15, -0.1) is 0 Å². The highest BCUT2D eigenvalue weighted by Crippen LogP contribution is 2.26. The summed E-state index contributed by atoms with van der Waals surface area (Å²) < 4.78 is 14.1. The zero-order valence-corrected chi connectivity index (χ0v) is 25.5.